The standard InChI is InChI=1S/C18H48Si5/c1-16(2)22(17(3)4,18(5)6)23(19(7,8)9,20(10,11)12)21(13,14)15/h16-18H,1-15H3. The highest BCUT2D eigenvalue weighted by Gasteiger charge is 2.73. The first-order chi connectivity index (χ1) is 9.83. The fourth-order valence-corrected chi connectivity index (χ4v) is 185. The van der Waals surface area contributed by atoms with Gasteiger partial charge in [-0.1, -0.05) is 117 Å². The van der Waals surface area contributed by atoms with Crippen LogP contribution in [-0.2, 0) is 0 Å². The molecular weight excluding hydrogens is 357 g/mol. The van der Waals surface area contributed by atoms with Crippen LogP contribution in [0.3, 0.4) is 0 Å². The third-order valence-corrected chi connectivity index (χ3v) is 122. The van der Waals surface area contributed by atoms with Crippen LogP contribution in [0.1, 0.15) is 41.5 Å². The Kier molecular flexibility index (Phi) is 7.34. The van der Waals surface area contributed by atoms with Gasteiger partial charge < -0.3 is 0 Å². The van der Waals surface area contributed by atoms with E-state index in [4.69, 9.17) is 0 Å². The molecule has 0 bridgehead atoms. The maximum absolute atomic E-state index is 2.80. The van der Waals surface area contributed by atoms with E-state index in [1.165, 1.54) is 0 Å². The lowest BCUT2D eigenvalue weighted by atomic mass is 10.5. The Balaban J connectivity index is 7.41. The Morgan fingerprint density at radius 2 is 0.565 bits per heavy atom. The van der Waals surface area contributed by atoms with Crippen LogP contribution in [0.2, 0.25) is 75.5 Å². The average Bonchev–Trinajstić information content (AvgIpc) is 2.16. The molecule has 0 fully saturated rings. The Bertz CT molecular complexity index is 333. The van der Waals surface area contributed by atoms with Crippen LogP contribution in [0.15, 0.2) is 0 Å². The highest BCUT2D eigenvalue weighted by molar-refractivity contribution is 8.06. The van der Waals surface area contributed by atoms with Gasteiger partial charge in [0.1, 0.15) is 0 Å². The lowest BCUT2D eigenvalue weighted by Crippen LogP contribution is -2.95. The summed E-state index contributed by atoms with van der Waals surface area (Å²) in [6.07, 6.45) is -1.31. The molecule has 0 radical (unpaired) electrons. The van der Waals surface area contributed by atoms with Gasteiger partial charge in [-0.15, -0.1) is 0 Å². The van der Waals surface area contributed by atoms with Gasteiger partial charge in [0, 0.05) is 36.5 Å². The molecule has 0 nitrogen and oxygen atoms in total. The summed E-state index contributed by atoms with van der Waals surface area (Å²) in [7, 11) is -5.01. The van der Waals surface area contributed by atoms with Crippen molar-refractivity contribution in [2.45, 2.75) is 117 Å². The van der Waals surface area contributed by atoms with Crippen LogP contribution in [-0.4, -0.2) is 36.5 Å². The first-order valence-electron chi connectivity index (χ1n) is 9.83. The van der Waals surface area contributed by atoms with Crippen molar-refractivity contribution in [1.29, 1.82) is 0 Å². The molecule has 0 atom stereocenters. The van der Waals surface area contributed by atoms with E-state index in [1.807, 2.05) is 0 Å². The van der Waals surface area contributed by atoms with Gasteiger partial charge in [-0.05, 0) is 0 Å². The maximum Gasteiger partial charge on any atom is 0.0480 e. The molecule has 0 unspecified atom stereocenters. The fourth-order valence-electron chi connectivity index (χ4n) is 8.62. The third kappa shape index (κ3) is 3.38. The van der Waals surface area contributed by atoms with Crippen LogP contribution in [0.4, 0.5) is 0 Å². The normalized spacial score (nSPS) is 15.9. The zero-order chi connectivity index (χ0) is 19.2. The molecule has 23 heavy (non-hydrogen) atoms. The molecule has 0 saturated heterocycles. The molecule has 0 N–H and O–H groups in total. The SMILES string of the molecule is CC(C)[Si](C(C)C)(C(C)C)[Si]([Si](C)(C)C)([Si](C)(C)C)[Si](C)(C)C. The van der Waals surface area contributed by atoms with Gasteiger partial charge in [0.15, 0.2) is 0 Å². The predicted octanol–water partition coefficient (Wildman–Crippen LogP) is 7.44. The summed E-state index contributed by atoms with van der Waals surface area (Å²) >= 11 is 0. The molecule has 0 aliphatic carbocycles. The molecule has 5 heteroatoms. The summed E-state index contributed by atoms with van der Waals surface area (Å²) in [5, 5.41) is 0. The Hall–Kier alpha value is 1.08. The number of rotatable bonds is 7. The first kappa shape index (κ1) is 24.1. The fraction of sp³-hybridized carbons (Fsp3) is 1.00. The van der Waals surface area contributed by atoms with Crippen LogP contribution in [0.5, 0.6) is 0 Å². The summed E-state index contributed by atoms with van der Waals surface area (Å²) in [5.74, 6) is 0. The quantitative estimate of drug-likeness (QED) is 0.386. The number of hydrogen-bond donors (Lipinski definition) is 0. The molecule has 140 valence electrons. The third-order valence-electron chi connectivity index (χ3n) is 6.89. The van der Waals surface area contributed by atoms with E-state index in [0.717, 1.165) is 16.6 Å². The summed E-state index contributed by atoms with van der Waals surface area (Å²) in [5.41, 5.74) is 2.83. The van der Waals surface area contributed by atoms with Crippen molar-refractivity contribution < 1.29 is 0 Å². The van der Waals surface area contributed by atoms with Crippen LogP contribution >= 0.6 is 0 Å². The summed E-state index contributed by atoms with van der Waals surface area (Å²) in [6.45, 7) is 41.0. The molecule has 0 aromatic rings. The monoisotopic (exact) mass is 404 g/mol. The van der Waals surface area contributed by atoms with E-state index in [0.29, 0.717) is 0 Å². The molecule has 0 aliphatic heterocycles. The van der Waals surface area contributed by atoms with E-state index in [1.54, 1.807) is 0 Å². The minimum Gasteiger partial charge on any atom is -0.0720 e. The van der Waals surface area contributed by atoms with Crippen molar-refractivity contribution in [3.63, 3.8) is 0 Å². The molecule has 0 aliphatic rings. The van der Waals surface area contributed by atoms with Gasteiger partial charge in [0.25, 0.3) is 0 Å². The molecular formula is C18H48Si5. The topological polar surface area (TPSA) is 0 Å². The van der Waals surface area contributed by atoms with Gasteiger partial charge in [-0.3, -0.25) is 0 Å². The Morgan fingerprint density at radius 1 is 0.391 bits per heavy atom. The second kappa shape index (κ2) is 7.01. The Morgan fingerprint density at radius 3 is 0.609 bits per heavy atom. The predicted molar refractivity (Wildman–Crippen MR) is 127 cm³/mol. The van der Waals surface area contributed by atoms with Crippen molar-refractivity contribution in [3.8, 4) is 0 Å². The zero-order valence-corrected chi connectivity index (χ0v) is 24.2. The van der Waals surface area contributed by atoms with Crippen LogP contribution in [0.25, 0.3) is 0 Å². The molecule has 0 spiro atoms. The highest BCUT2D eigenvalue weighted by atomic mass is 30.2. The lowest BCUT2D eigenvalue weighted by molar-refractivity contribution is 0.845. The molecule has 0 saturated carbocycles. The summed E-state index contributed by atoms with van der Waals surface area (Å²) in [6, 6.07) is 0. The first-order valence-corrected chi connectivity index (χ1v) is 28.6. The average molecular weight is 405 g/mol. The zero-order valence-electron chi connectivity index (χ0n) is 19.2. The van der Waals surface area contributed by atoms with Gasteiger partial charge in [0.05, 0.1) is 0 Å². The van der Waals surface area contributed by atoms with Crippen LogP contribution < -0.4 is 0 Å². The summed E-state index contributed by atoms with van der Waals surface area (Å²) in [4.78, 5) is 0. The Labute approximate surface area is 153 Å². The molecule has 0 aromatic carbocycles. The smallest absolute Gasteiger partial charge is 0.0480 e. The summed E-state index contributed by atoms with van der Waals surface area (Å²) < 4.78 is 0. The van der Waals surface area contributed by atoms with Crippen LogP contribution in [0, 0.1) is 0 Å². The molecule has 0 heterocycles. The van der Waals surface area contributed by atoms with Crippen molar-refractivity contribution in [2.24, 2.45) is 0 Å². The highest BCUT2D eigenvalue weighted by Crippen LogP contribution is 2.56. The van der Waals surface area contributed by atoms with Gasteiger partial charge in [0.2, 0.25) is 0 Å². The second-order valence-electron chi connectivity index (χ2n) is 11.9. The maximum atomic E-state index is 2.80. The minimum atomic E-state index is -1.39. The van der Waals surface area contributed by atoms with E-state index in [2.05, 4.69) is 100 Å². The van der Waals surface area contributed by atoms with E-state index in [-0.39, 0.29) is 0 Å². The van der Waals surface area contributed by atoms with E-state index >= 15 is 0 Å². The molecule has 0 rings (SSSR count). The van der Waals surface area contributed by atoms with Gasteiger partial charge in [-0.2, -0.15) is 0 Å². The number of hydrogen-bond acceptors (Lipinski definition) is 0. The van der Waals surface area contributed by atoms with Crippen molar-refractivity contribution in [1.82, 2.24) is 0 Å². The van der Waals surface area contributed by atoms with Crippen molar-refractivity contribution in [3.05, 3.63) is 0 Å². The van der Waals surface area contributed by atoms with E-state index in [9.17, 15) is 0 Å². The van der Waals surface area contributed by atoms with Gasteiger partial charge >= 0.3 is 0 Å². The van der Waals surface area contributed by atoms with Crippen molar-refractivity contribution >= 4 is 36.5 Å². The van der Waals surface area contributed by atoms with Gasteiger partial charge in [-0.25, -0.2) is 0 Å². The second-order valence-corrected chi connectivity index (χ2v) is 66.3. The lowest BCUT2D eigenvalue weighted by Gasteiger charge is -2.70. The molecule has 0 aromatic heterocycles. The molecule has 0 amide bonds. The largest absolute Gasteiger partial charge is 0.0720 e. The van der Waals surface area contributed by atoms with Crippen molar-refractivity contribution in [2.75, 3.05) is 0 Å². The minimum absolute atomic E-state index is 0.944. The van der Waals surface area contributed by atoms with E-state index < -0.39 is 36.5 Å².